The van der Waals surface area contributed by atoms with Crippen LogP contribution in [-0.2, 0) is 4.74 Å². The molecular formula is C14H20BrNO2. The van der Waals surface area contributed by atoms with Gasteiger partial charge in [0.2, 0.25) is 0 Å². The molecule has 100 valence electrons. The van der Waals surface area contributed by atoms with Crippen molar-refractivity contribution in [1.29, 1.82) is 0 Å². The number of benzene rings is 1. The van der Waals surface area contributed by atoms with Crippen molar-refractivity contribution in [3.63, 3.8) is 0 Å². The van der Waals surface area contributed by atoms with Crippen LogP contribution in [0.25, 0.3) is 0 Å². The number of rotatable bonds is 3. The SMILES string of the molecule is CC(NC(=O)OC(C)(C)C)C(Br)c1ccccc1. The van der Waals surface area contributed by atoms with Crippen molar-refractivity contribution in [1.82, 2.24) is 5.32 Å². The van der Waals surface area contributed by atoms with Gasteiger partial charge >= 0.3 is 6.09 Å². The summed E-state index contributed by atoms with van der Waals surface area (Å²) in [6.45, 7) is 7.48. The van der Waals surface area contributed by atoms with Gasteiger partial charge in [0, 0.05) is 6.04 Å². The molecule has 0 saturated heterocycles. The van der Waals surface area contributed by atoms with Crippen LogP contribution < -0.4 is 5.32 Å². The maximum atomic E-state index is 11.7. The van der Waals surface area contributed by atoms with Crippen molar-refractivity contribution in [2.45, 2.75) is 44.2 Å². The highest BCUT2D eigenvalue weighted by atomic mass is 79.9. The van der Waals surface area contributed by atoms with E-state index in [0.29, 0.717) is 0 Å². The van der Waals surface area contributed by atoms with E-state index in [1.807, 2.05) is 58.0 Å². The molecule has 1 aromatic carbocycles. The first-order chi connectivity index (χ1) is 8.29. The van der Waals surface area contributed by atoms with Crippen molar-refractivity contribution < 1.29 is 9.53 Å². The van der Waals surface area contributed by atoms with Gasteiger partial charge in [-0.25, -0.2) is 4.79 Å². The minimum atomic E-state index is -0.474. The molecule has 1 N–H and O–H groups in total. The topological polar surface area (TPSA) is 38.3 Å². The first-order valence-corrected chi connectivity index (χ1v) is 6.89. The monoisotopic (exact) mass is 313 g/mol. The Kier molecular flexibility index (Phi) is 5.20. The molecule has 0 aliphatic carbocycles. The molecule has 1 aromatic rings. The highest BCUT2D eigenvalue weighted by molar-refractivity contribution is 9.09. The number of hydrogen-bond acceptors (Lipinski definition) is 2. The Morgan fingerprint density at radius 1 is 1.28 bits per heavy atom. The van der Waals surface area contributed by atoms with E-state index in [9.17, 15) is 4.79 Å². The second-order valence-electron chi connectivity index (χ2n) is 5.25. The van der Waals surface area contributed by atoms with Gasteiger partial charge in [0.1, 0.15) is 5.60 Å². The third-order valence-electron chi connectivity index (χ3n) is 2.30. The van der Waals surface area contributed by atoms with E-state index in [-0.39, 0.29) is 10.9 Å². The number of carbonyl (C=O) groups is 1. The Balaban J connectivity index is 2.55. The van der Waals surface area contributed by atoms with Gasteiger partial charge in [0.25, 0.3) is 0 Å². The number of amides is 1. The molecule has 0 fully saturated rings. The number of carbonyl (C=O) groups excluding carboxylic acids is 1. The summed E-state index contributed by atoms with van der Waals surface area (Å²) in [6.07, 6.45) is -0.393. The Labute approximate surface area is 117 Å². The lowest BCUT2D eigenvalue weighted by Gasteiger charge is -2.24. The minimum absolute atomic E-state index is 0.0535. The van der Waals surface area contributed by atoms with E-state index in [1.165, 1.54) is 0 Å². The Hall–Kier alpha value is -1.03. The summed E-state index contributed by atoms with van der Waals surface area (Å²) >= 11 is 3.59. The summed E-state index contributed by atoms with van der Waals surface area (Å²) in [7, 11) is 0. The highest BCUT2D eigenvalue weighted by Gasteiger charge is 2.21. The van der Waals surface area contributed by atoms with Crippen LogP contribution in [0.1, 0.15) is 38.1 Å². The number of nitrogens with one attached hydrogen (secondary N) is 1. The van der Waals surface area contributed by atoms with E-state index in [0.717, 1.165) is 5.56 Å². The molecule has 0 radical (unpaired) electrons. The second kappa shape index (κ2) is 6.23. The van der Waals surface area contributed by atoms with Gasteiger partial charge in [-0.15, -0.1) is 0 Å². The van der Waals surface area contributed by atoms with Gasteiger partial charge in [-0.2, -0.15) is 0 Å². The van der Waals surface area contributed by atoms with Crippen molar-refractivity contribution in [3.8, 4) is 0 Å². The zero-order valence-electron chi connectivity index (χ0n) is 11.2. The van der Waals surface area contributed by atoms with Gasteiger partial charge < -0.3 is 10.1 Å². The molecular weight excluding hydrogens is 294 g/mol. The number of alkyl halides is 1. The fourth-order valence-corrected chi connectivity index (χ4v) is 1.93. The molecule has 3 nitrogen and oxygen atoms in total. The maximum Gasteiger partial charge on any atom is 0.407 e. The summed E-state index contributed by atoms with van der Waals surface area (Å²) in [4.78, 5) is 11.7. The first-order valence-electron chi connectivity index (χ1n) is 5.98. The molecule has 0 saturated carbocycles. The zero-order chi connectivity index (χ0) is 13.8. The van der Waals surface area contributed by atoms with Crippen LogP contribution in [0.2, 0.25) is 0 Å². The quantitative estimate of drug-likeness (QED) is 0.855. The third-order valence-corrected chi connectivity index (χ3v) is 3.62. The van der Waals surface area contributed by atoms with Crippen LogP contribution >= 0.6 is 15.9 Å². The zero-order valence-corrected chi connectivity index (χ0v) is 12.8. The number of halogens is 1. The molecule has 18 heavy (non-hydrogen) atoms. The van der Waals surface area contributed by atoms with Gasteiger partial charge in [-0.1, -0.05) is 46.3 Å². The van der Waals surface area contributed by atoms with E-state index in [1.54, 1.807) is 0 Å². The van der Waals surface area contributed by atoms with Crippen LogP contribution in [0, 0.1) is 0 Å². The lowest BCUT2D eigenvalue weighted by molar-refractivity contribution is 0.0508. The molecule has 1 amide bonds. The standard InChI is InChI=1S/C14H20BrNO2/c1-10(16-13(17)18-14(2,3)4)12(15)11-8-6-5-7-9-11/h5-10,12H,1-4H3,(H,16,17). The van der Waals surface area contributed by atoms with E-state index in [4.69, 9.17) is 4.74 Å². The van der Waals surface area contributed by atoms with E-state index < -0.39 is 11.7 Å². The molecule has 2 atom stereocenters. The van der Waals surface area contributed by atoms with Crippen LogP contribution in [0.4, 0.5) is 4.79 Å². The number of hydrogen-bond donors (Lipinski definition) is 1. The minimum Gasteiger partial charge on any atom is -0.444 e. The molecule has 0 heterocycles. The van der Waals surface area contributed by atoms with Gasteiger partial charge in [0.15, 0.2) is 0 Å². The normalized spacial score (nSPS) is 14.7. The van der Waals surface area contributed by atoms with Gasteiger partial charge in [0.05, 0.1) is 4.83 Å². The largest absolute Gasteiger partial charge is 0.444 e. The Morgan fingerprint density at radius 3 is 2.33 bits per heavy atom. The molecule has 0 aromatic heterocycles. The molecule has 2 unspecified atom stereocenters. The van der Waals surface area contributed by atoms with Crippen LogP contribution in [0.15, 0.2) is 30.3 Å². The average Bonchev–Trinajstić information content (AvgIpc) is 2.26. The Bertz CT molecular complexity index is 387. The third kappa shape index (κ3) is 5.08. The van der Waals surface area contributed by atoms with Crippen molar-refractivity contribution >= 4 is 22.0 Å². The summed E-state index contributed by atoms with van der Waals surface area (Å²) in [6, 6.07) is 9.91. The van der Waals surface area contributed by atoms with Crippen molar-refractivity contribution in [3.05, 3.63) is 35.9 Å². The maximum absolute atomic E-state index is 11.7. The molecule has 0 spiro atoms. The lowest BCUT2D eigenvalue weighted by atomic mass is 10.1. The fourth-order valence-electron chi connectivity index (χ4n) is 1.49. The van der Waals surface area contributed by atoms with Gasteiger partial charge in [-0.3, -0.25) is 0 Å². The van der Waals surface area contributed by atoms with E-state index >= 15 is 0 Å². The summed E-state index contributed by atoms with van der Waals surface area (Å²) in [5.41, 5.74) is 0.652. The Morgan fingerprint density at radius 2 is 1.83 bits per heavy atom. The predicted molar refractivity (Wildman–Crippen MR) is 76.9 cm³/mol. The van der Waals surface area contributed by atoms with Crippen molar-refractivity contribution in [2.75, 3.05) is 0 Å². The molecule has 4 heteroatoms. The summed E-state index contributed by atoms with van der Waals surface area (Å²) in [5, 5.41) is 2.83. The number of ether oxygens (including phenoxy) is 1. The molecule has 1 rings (SSSR count). The summed E-state index contributed by atoms with van der Waals surface area (Å²) < 4.78 is 5.22. The smallest absolute Gasteiger partial charge is 0.407 e. The predicted octanol–water partition coefficient (Wildman–Crippen LogP) is 4.04. The van der Waals surface area contributed by atoms with Gasteiger partial charge in [-0.05, 0) is 33.3 Å². The first kappa shape index (κ1) is 15.0. The molecule has 0 aliphatic rings. The van der Waals surface area contributed by atoms with Crippen molar-refractivity contribution in [2.24, 2.45) is 0 Å². The highest BCUT2D eigenvalue weighted by Crippen LogP contribution is 2.26. The van der Waals surface area contributed by atoms with Crippen LogP contribution in [0.5, 0.6) is 0 Å². The average molecular weight is 314 g/mol. The molecule has 0 bridgehead atoms. The fraction of sp³-hybridized carbons (Fsp3) is 0.500. The second-order valence-corrected chi connectivity index (χ2v) is 6.23. The van der Waals surface area contributed by atoms with Crippen LogP contribution in [0.3, 0.4) is 0 Å². The summed E-state index contributed by atoms with van der Waals surface area (Å²) in [5.74, 6) is 0. The van der Waals surface area contributed by atoms with E-state index in [2.05, 4.69) is 21.2 Å². The van der Waals surface area contributed by atoms with Crippen LogP contribution in [-0.4, -0.2) is 17.7 Å². The lowest BCUT2D eigenvalue weighted by Crippen LogP contribution is -2.39. The number of alkyl carbamates (subject to hydrolysis) is 1. The molecule has 0 aliphatic heterocycles.